The van der Waals surface area contributed by atoms with E-state index in [9.17, 15) is 4.79 Å². The van der Waals surface area contributed by atoms with Crippen molar-refractivity contribution in [1.29, 1.82) is 0 Å². The molecule has 1 amide bonds. The second kappa shape index (κ2) is 6.82. The number of benzene rings is 1. The highest BCUT2D eigenvalue weighted by molar-refractivity contribution is 5.92. The number of hydrogen-bond donors (Lipinski definition) is 0. The smallest absolute Gasteiger partial charge is 0.272 e. The Kier molecular flexibility index (Phi) is 4.60. The molecule has 4 heteroatoms. The molecule has 0 N–H and O–H groups in total. The second-order valence-electron chi connectivity index (χ2n) is 6.08. The van der Waals surface area contributed by atoms with Crippen molar-refractivity contribution < 1.29 is 4.79 Å². The standard InChI is InChI=1S/C19H23N3O/c1-15-7-3-4-10-18(15)21-11-6-12-22(14-13-21)19(23)17-9-5-8-16(2)20-17/h3-5,7-10H,6,11-14H2,1-2H3. The second-order valence-corrected chi connectivity index (χ2v) is 6.08. The van der Waals surface area contributed by atoms with Crippen molar-refractivity contribution in [1.82, 2.24) is 9.88 Å². The van der Waals surface area contributed by atoms with E-state index in [1.54, 1.807) is 6.07 Å². The zero-order valence-corrected chi connectivity index (χ0v) is 13.8. The first-order chi connectivity index (χ1) is 11.1. The van der Waals surface area contributed by atoms with Gasteiger partial charge in [0.2, 0.25) is 0 Å². The zero-order valence-electron chi connectivity index (χ0n) is 13.8. The fourth-order valence-corrected chi connectivity index (χ4v) is 3.10. The lowest BCUT2D eigenvalue weighted by atomic mass is 10.2. The number of rotatable bonds is 2. The molecule has 1 saturated heterocycles. The predicted octanol–water partition coefficient (Wildman–Crippen LogP) is 3.05. The van der Waals surface area contributed by atoms with E-state index in [-0.39, 0.29) is 5.91 Å². The lowest BCUT2D eigenvalue weighted by molar-refractivity contribution is 0.0761. The molecule has 0 aliphatic carbocycles. The summed E-state index contributed by atoms with van der Waals surface area (Å²) in [5.74, 6) is 0.0420. The first-order valence-corrected chi connectivity index (χ1v) is 8.18. The van der Waals surface area contributed by atoms with Crippen LogP contribution in [-0.4, -0.2) is 42.0 Å². The van der Waals surface area contributed by atoms with Crippen LogP contribution in [0.1, 0.15) is 28.2 Å². The Balaban J connectivity index is 1.71. The van der Waals surface area contributed by atoms with Gasteiger partial charge < -0.3 is 9.80 Å². The Bertz CT molecular complexity index is 699. The maximum absolute atomic E-state index is 12.7. The van der Waals surface area contributed by atoms with Crippen LogP contribution in [0.25, 0.3) is 0 Å². The Labute approximate surface area is 137 Å². The Morgan fingerprint density at radius 3 is 2.57 bits per heavy atom. The quantitative estimate of drug-likeness (QED) is 0.855. The Morgan fingerprint density at radius 1 is 0.957 bits per heavy atom. The van der Waals surface area contributed by atoms with Crippen molar-refractivity contribution in [3.63, 3.8) is 0 Å². The van der Waals surface area contributed by atoms with Crippen LogP contribution in [0, 0.1) is 13.8 Å². The molecule has 23 heavy (non-hydrogen) atoms. The minimum atomic E-state index is 0.0420. The molecule has 2 heterocycles. The summed E-state index contributed by atoms with van der Waals surface area (Å²) in [4.78, 5) is 21.3. The molecule has 0 radical (unpaired) electrons. The molecule has 1 aliphatic rings. The third kappa shape index (κ3) is 3.52. The topological polar surface area (TPSA) is 36.4 Å². The van der Waals surface area contributed by atoms with Crippen LogP contribution in [0.15, 0.2) is 42.5 Å². The summed E-state index contributed by atoms with van der Waals surface area (Å²) in [6.45, 7) is 7.43. The molecule has 0 spiro atoms. The monoisotopic (exact) mass is 309 g/mol. The maximum Gasteiger partial charge on any atom is 0.272 e. The number of hydrogen-bond acceptors (Lipinski definition) is 3. The van der Waals surface area contributed by atoms with Crippen molar-refractivity contribution in [3.05, 3.63) is 59.4 Å². The van der Waals surface area contributed by atoms with Crippen LogP contribution in [0.3, 0.4) is 0 Å². The summed E-state index contributed by atoms with van der Waals surface area (Å²) in [5.41, 5.74) is 3.99. The Hall–Kier alpha value is -2.36. The molecular formula is C19H23N3O. The summed E-state index contributed by atoms with van der Waals surface area (Å²) in [6, 6.07) is 14.1. The van der Waals surface area contributed by atoms with Crippen molar-refractivity contribution >= 4 is 11.6 Å². The van der Waals surface area contributed by atoms with E-state index in [1.165, 1.54) is 11.3 Å². The fraction of sp³-hybridized carbons (Fsp3) is 0.368. The van der Waals surface area contributed by atoms with Crippen LogP contribution in [-0.2, 0) is 0 Å². The van der Waals surface area contributed by atoms with Crippen LogP contribution >= 0.6 is 0 Å². The molecule has 0 bridgehead atoms. The lowest BCUT2D eigenvalue weighted by Crippen LogP contribution is -2.35. The van der Waals surface area contributed by atoms with E-state index in [2.05, 4.69) is 41.1 Å². The van der Waals surface area contributed by atoms with Gasteiger partial charge in [0.1, 0.15) is 5.69 Å². The number of aromatic nitrogens is 1. The van der Waals surface area contributed by atoms with Gasteiger partial charge in [0.05, 0.1) is 0 Å². The SMILES string of the molecule is Cc1cccc(C(=O)N2CCCN(c3ccccc3C)CC2)n1. The number of amides is 1. The van der Waals surface area contributed by atoms with Gasteiger partial charge in [-0.1, -0.05) is 24.3 Å². The number of para-hydroxylation sites is 1. The third-order valence-corrected chi connectivity index (χ3v) is 4.35. The molecule has 4 nitrogen and oxygen atoms in total. The minimum absolute atomic E-state index is 0.0420. The maximum atomic E-state index is 12.7. The van der Waals surface area contributed by atoms with E-state index in [1.807, 2.05) is 24.0 Å². The summed E-state index contributed by atoms with van der Waals surface area (Å²) in [7, 11) is 0. The highest BCUT2D eigenvalue weighted by atomic mass is 16.2. The number of aryl methyl sites for hydroxylation is 2. The normalized spacial score (nSPS) is 15.4. The predicted molar refractivity (Wildman–Crippen MR) is 92.9 cm³/mol. The first kappa shape index (κ1) is 15.5. The zero-order chi connectivity index (χ0) is 16.2. The van der Waals surface area contributed by atoms with Gasteiger partial charge in [0.25, 0.3) is 5.91 Å². The van der Waals surface area contributed by atoms with Crippen LogP contribution < -0.4 is 4.90 Å². The van der Waals surface area contributed by atoms with E-state index >= 15 is 0 Å². The van der Waals surface area contributed by atoms with Crippen LogP contribution in [0.4, 0.5) is 5.69 Å². The Morgan fingerprint density at radius 2 is 1.78 bits per heavy atom. The summed E-state index contributed by atoms with van der Waals surface area (Å²) < 4.78 is 0. The van der Waals surface area contributed by atoms with Crippen molar-refractivity contribution in [3.8, 4) is 0 Å². The van der Waals surface area contributed by atoms with Gasteiger partial charge in [-0.3, -0.25) is 4.79 Å². The molecule has 1 aliphatic heterocycles. The molecule has 0 atom stereocenters. The molecule has 120 valence electrons. The average Bonchev–Trinajstić information content (AvgIpc) is 2.80. The average molecular weight is 309 g/mol. The van der Waals surface area contributed by atoms with Gasteiger partial charge in [0, 0.05) is 37.6 Å². The molecule has 1 aromatic carbocycles. The van der Waals surface area contributed by atoms with E-state index in [0.717, 1.165) is 38.3 Å². The van der Waals surface area contributed by atoms with E-state index in [0.29, 0.717) is 5.69 Å². The van der Waals surface area contributed by atoms with Crippen molar-refractivity contribution in [2.45, 2.75) is 20.3 Å². The number of carbonyl (C=O) groups is 1. The summed E-state index contributed by atoms with van der Waals surface area (Å²) in [6.07, 6.45) is 0.978. The largest absolute Gasteiger partial charge is 0.369 e. The summed E-state index contributed by atoms with van der Waals surface area (Å²) >= 11 is 0. The van der Waals surface area contributed by atoms with Crippen LogP contribution in [0.2, 0.25) is 0 Å². The van der Waals surface area contributed by atoms with Gasteiger partial charge in [0.15, 0.2) is 0 Å². The highest BCUT2D eigenvalue weighted by Crippen LogP contribution is 2.21. The number of carbonyl (C=O) groups excluding carboxylic acids is 1. The lowest BCUT2D eigenvalue weighted by Gasteiger charge is -2.25. The molecule has 0 unspecified atom stereocenters. The molecule has 1 aromatic heterocycles. The third-order valence-electron chi connectivity index (χ3n) is 4.35. The first-order valence-electron chi connectivity index (χ1n) is 8.18. The van der Waals surface area contributed by atoms with Gasteiger partial charge in [-0.25, -0.2) is 4.98 Å². The van der Waals surface area contributed by atoms with E-state index < -0.39 is 0 Å². The van der Waals surface area contributed by atoms with E-state index in [4.69, 9.17) is 0 Å². The number of anilines is 1. The number of pyridine rings is 1. The molecule has 0 saturated carbocycles. The molecule has 3 rings (SSSR count). The molecular weight excluding hydrogens is 286 g/mol. The van der Waals surface area contributed by atoms with Crippen molar-refractivity contribution in [2.75, 3.05) is 31.1 Å². The fourth-order valence-electron chi connectivity index (χ4n) is 3.10. The highest BCUT2D eigenvalue weighted by Gasteiger charge is 2.21. The van der Waals surface area contributed by atoms with Gasteiger partial charge in [-0.2, -0.15) is 0 Å². The summed E-state index contributed by atoms with van der Waals surface area (Å²) in [5, 5.41) is 0. The van der Waals surface area contributed by atoms with Gasteiger partial charge in [-0.05, 0) is 44.0 Å². The van der Waals surface area contributed by atoms with Crippen LogP contribution in [0.5, 0.6) is 0 Å². The van der Waals surface area contributed by atoms with Gasteiger partial charge in [-0.15, -0.1) is 0 Å². The molecule has 1 fully saturated rings. The van der Waals surface area contributed by atoms with Crippen molar-refractivity contribution in [2.24, 2.45) is 0 Å². The minimum Gasteiger partial charge on any atom is -0.369 e. The molecule has 2 aromatic rings. The van der Waals surface area contributed by atoms with Gasteiger partial charge >= 0.3 is 0 Å². The number of nitrogens with zero attached hydrogens (tertiary/aromatic N) is 3.